The lowest BCUT2D eigenvalue weighted by atomic mass is 10.2. The number of nitrogens with zero attached hydrogens (tertiary/aromatic N) is 1. The molecule has 0 spiro atoms. The van der Waals surface area contributed by atoms with Gasteiger partial charge in [0.05, 0.1) is 15.9 Å². The molecule has 0 bridgehead atoms. The molecule has 0 aliphatic carbocycles. The van der Waals surface area contributed by atoms with Crippen molar-refractivity contribution in [3.05, 3.63) is 103 Å². The number of hydrogen-bond acceptors (Lipinski definition) is 4. The topological polar surface area (TPSA) is 46.6 Å². The number of rotatable bonds is 6. The molecule has 1 saturated heterocycles. The second-order valence-corrected chi connectivity index (χ2v) is 9.59. The van der Waals surface area contributed by atoms with Crippen molar-refractivity contribution in [1.82, 2.24) is 4.90 Å². The van der Waals surface area contributed by atoms with E-state index in [4.69, 9.17) is 27.9 Å². The summed E-state index contributed by atoms with van der Waals surface area (Å²) in [4.78, 5) is 26.8. The van der Waals surface area contributed by atoms with Gasteiger partial charge in [0.15, 0.2) is 0 Å². The SMILES string of the molecule is O=C1S/C(=C\c2ccc(OCc3ccccc3Cl)c(Br)c2)C(=O)N1Cc1ccccc1Cl. The van der Waals surface area contributed by atoms with E-state index in [1.165, 1.54) is 4.90 Å². The average molecular weight is 549 g/mol. The summed E-state index contributed by atoms with van der Waals surface area (Å²) in [6.45, 7) is 0.471. The molecule has 0 atom stereocenters. The second kappa shape index (κ2) is 10.1. The van der Waals surface area contributed by atoms with E-state index in [9.17, 15) is 9.59 Å². The summed E-state index contributed by atoms with van der Waals surface area (Å²) >= 11 is 16.8. The van der Waals surface area contributed by atoms with Gasteiger partial charge >= 0.3 is 0 Å². The van der Waals surface area contributed by atoms with Gasteiger partial charge in [-0.05, 0) is 69.2 Å². The van der Waals surface area contributed by atoms with Gasteiger partial charge < -0.3 is 4.74 Å². The Labute approximate surface area is 208 Å². The molecule has 0 aromatic heterocycles. The number of halogens is 3. The van der Waals surface area contributed by atoms with Crippen LogP contribution in [0, 0.1) is 0 Å². The molecule has 2 amide bonds. The maximum Gasteiger partial charge on any atom is 0.293 e. The molecule has 0 radical (unpaired) electrons. The van der Waals surface area contributed by atoms with E-state index in [1.54, 1.807) is 30.3 Å². The summed E-state index contributed by atoms with van der Waals surface area (Å²) in [6.07, 6.45) is 1.69. The van der Waals surface area contributed by atoms with Crippen LogP contribution in [0.1, 0.15) is 16.7 Å². The van der Waals surface area contributed by atoms with Gasteiger partial charge in [-0.25, -0.2) is 0 Å². The molecular weight excluding hydrogens is 533 g/mol. The maximum atomic E-state index is 12.8. The van der Waals surface area contributed by atoms with Crippen molar-refractivity contribution >= 4 is 68.1 Å². The van der Waals surface area contributed by atoms with Gasteiger partial charge in [0.2, 0.25) is 0 Å². The standard InChI is InChI=1S/C24H16BrCl2NO3S/c25-18-11-15(9-10-21(18)31-14-17-6-2-4-8-20(17)27)12-22-23(29)28(24(30)32-22)13-16-5-1-3-7-19(16)26/h1-12H,13-14H2/b22-12-. The zero-order valence-electron chi connectivity index (χ0n) is 16.6. The Morgan fingerprint density at radius 1 is 0.938 bits per heavy atom. The Morgan fingerprint density at radius 3 is 2.25 bits per heavy atom. The Balaban J connectivity index is 1.47. The van der Waals surface area contributed by atoms with Crippen LogP contribution in [0.15, 0.2) is 76.1 Å². The van der Waals surface area contributed by atoms with Crippen LogP contribution in [0.3, 0.4) is 0 Å². The number of ether oxygens (including phenoxy) is 1. The fraction of sp³-hybridized carbons (Fsp3) is 0.0833. The Hall–Kier alpha value is -2.25. The average Bonchev–Trinajstić information content (AvgIpc) is 3.03. The van der Waals surface area contributed by atoms with E-state index >= 15 is 0 Å². The number of hydrogen-bond donors (Lipinski definition) is 0. The van der Waals surface area contributed by atoms with Crippen LogP contribution in [0.2, 0.25) is 10.0 Å². The minimum absolute atomic E-state index is 0.139. The molecule has 1 aliphatic heterocycles. The first kappa shape index (κ1) is 22.9. The van der Waals surface area contributed by atoms with Crippen LogP contribution in [-0.4, -0.2) is 16.0 Å². The molecule has 8 heteroatoms. The van der Waals surface area contributed by atoms with Crippen LogP contribution in [-0.2, 0) is 17.9 Å². The van der Waals surface area contributed by atoms with Crippen molar-refractivity contribution in [3.63, 3.8) is 0 Å². The number of carbonyl (C=O) groups is 2. The summed E-state index contributed by atoms with van der Waals surface area (Å²) in [7, 11) is 0. The number of imide groups is 1. The molecule has 0 N–H and O–H groups in total. The van der Waals surface area contributed by atoms with E-state index in [0.717, 1.165) is 32.9 Å². The zero-order chi connectivity index (χ0) is 22.7. The minimum Gasteiger partial charge on any atom is -0.488 e. The molecule has 1 fully saturated rings. The molecule has 32 heavy (non-hydrogen) atoms. The molecule has 3 aromatic carbocycles. The highest BCUT2D eigenvalue weighted by atomic mass is 79.9. The van der Waals surface area contributed by atoms with Crippen molar-refractivity contribution in [2.45, 2.75) is 13.2 Å². The molecule has 4 rings (SSSR count). The fourth-order valence-corrected chi connectivity index (χ4v) is 4.81. The highest BCUT2D eigenvalue weighted by Gasteiger charge is 2.35. The van der Waals surface area contributed by atoms with Gasteiger partial charge in [0.25, 0.3) is 11.1 Å². The van der Waals surface area contributed by atoms with Gasteiger partial charge in [0, 0.05) is 15.6 Å². The van der Waals surface area contributed by atoms with Gasteiger partial charge in [-0.2, -0.15) is 0 Å². The van der Waals surface area contributed by atoms with Crippen molar-refractivity contribution in [1.29, 1.82) is 0 Å². The number of carbonyl (C=O) groups excluding carboxylic acids is 2. The molecule has 3 aromatic rings. The highest BCUT2D eigenvalue weighted by Crippen LogP contribution is 2.35. The van der Waals surface area contributed by atoms with Gasteiger partial charge in [-0.3, -0.25) is 14.5 Å². The molecule has 1 aliphatic rings. The van der Waals surface area contributed by atoms with Crippen molar-refractivity contribution in [2.24, 2.45) is 0 Å². The number of amides is 2. The van der Waals surface area contributed by atoms with Gasteiger partial charge in [-0.15, -0.1) is 0 Å². The first-order valence-electron chi connectivity index (χ1n) is 9.57. The lowest BCUT2D eigenvalue weighted by molar-refractivity contribution is -0.123. The third kappa shape index (κ3) is 5.21. The predicted molar refractivity (Wildman–Crippen MR) is 133 cm³/mol. The van der Waals surface area contributed by atoms with Gasteiger partial charge in [-0.1, -0.05) is 65.7 Å². The van der Waals surface area contributed by atoms with E-state index in [0.29, 0.717) is 27.3 Å². The highest BCUT2D eigenvalue weighted by molar-refractivity contribution is 9.10. The fourth-order valence-electron chi connectivity index (χ4n) is 3.08. The monoisotopic (exact) mass is 547 g/mol. The maximum absolute atomic E-state index is 12.8. The smallest absolute Gasteiger partial charge is 0.293 e. The van der Waals surface area contributed by atoms with Crippen LogP contribution in [0.25, 0.3) is 6.08 Å². The minimum atomic E-state index is -0.338. The normalized spacial score (nSPS) is 15.0. The summed E-state index contributed by atoms with van der Waals surface area (Å²) in [5.74, 6) is 0.309. The largest absolute Gasteiger partial charge is 0.488 e. The lowest BCUT2D eigenvalue weighted by Crippen LogP contribution is -2.27. The quantitative estimate of drug-likeness (QED) is 0.298. The van der Waals surface area contributed by atoms with Crippen LogP contribution >= 0.6 is 50.9 Å². The van der Waals surface area contributed by atoms with Crippen LogP contribution in [0.5, 0.6) is 5.75 Å². The van der Waals surface area contributed by atoms with E-state index < -0.39 is 0 Å². The summed E-state index contributed by atoms with van der Waals surface area (Å²) in [5, 5.41) is 0.847. The Kier molecular flexibility index (Phi) is 7.26. The molecular formula is C24H16BrCl2NO3S. The van der Waals surface area contributed by atoms with Crippen molar-refractivity contribution in [3.8, 4) is 5.75 Å². The molecule has 1 heterocycles. The first-order chi connectivity index (χ1) is 15.4. The van der Waals surface area contributed by atoms with Gasteiger partial charge in [0.1, 0.15) is 12.4 Å². The first-order valence-corrected chi connectivity index (χ1v) is 11.9. The van der Waals surface area contributed by atoms with Crippen LogP contribution < -0.4 is 4.74 Å². The van der Waals surface area contributed by atoms with Crippen molar-refractivity contribution < 1.29 is 14.3 Å². The van der Waals surface area contributed by atoms with Crippen LogP contribution in [0.4, 0.5) is 4.79 Å². The van der Waals surface area contributed by atoms with Crippen molar-refractivity contribution in [2.75, 3.05) is 0 Å². The lowest BCUT2D eigenvalue weighted by Gasteiger charge is -2.13. The third-order valence-corrected chi connectivity index (χ3v) is 7.02. The summed E-state index contributed by atoms with van der Waals surface area (Å²) < 4.78 is 6.59. The van der Waals surface area contributed by atoms with E-state index in [-0.39, 0.29) is 17.7 Å². The molecule has 0 unspecified atom stereocenters. The zero-order valence-corrected chi connectivity index (χ0v) is 20.5. The molecule has 0 saturated carbocycles. The Bertz CT molecular complexity index is 1230. The van der Waals surface area contributed by atoms with E-state index in [2.05, 4.69) is 15.9 Å². The Morgan fingerprint density at radius 2 is 1.59 bits per heavy atom. The predicted octanol–water partition coefficient (Wildman–Crippen LogP) is 7.57. The van der Waals surface area contributed by atoms with E-state index in [1.807, 2.05) is 42.5 Å². The molecule has 4 nitrogen and oxygen atoms in total. The summed E-state index contributed by atoms with van der Waals surface area (Å²) in [5.41, 5.74) is 2.38. The third-order valence-electron chi connectivity index (χ3n) is 4.75. The number of thioether (sulfide) groups is 1. The summed E-state index contributed by atoms with van der Waals surface area (Å²) in [6, 6.07) is 20.1. The molecule has 162 valence electrons. The second-order valence-electron chi connectivity index (χ2n) is 6.93. The number of benzene rings is 3.